The lowest BCUT2D eigenvalue weighted by molar-refractivity contribution is -0.276. The van der Waals surface area contributed by atoms with Gasteiger partial charge in [0.2, 0.25) is 11.8 Å². The number of halogens is 5. The monoisotopic (exact) mass is 257 g/mol. The Kier molecular flexibility index (Phi) is 3.49. The van der Waals surface area contributed by atoms with E-state index < -0.39 is 42.0 Å². The molecule has 0 unspecified atom stereocenters. The van der Waals surface area contributed by atoms with Crippen LogP contribution in [0.4, 0.5) is 22.0 Å². The fourth-order valence-electron chi connectivity index (χ4n) is 0.951. The Labute approximate surface area is 90.6 Å². The summed E-state index contributed by atoms with van der Waals surface area (Å²) in [5.74, 6) is -4.87. The maximum Gasteiger partial charge on any atom is 0.574 e. The fourth-order valence-corrected chi connectivity index (χ4v) is 0.951. The first-order valence-corrected chi connectivity index (χ1v) is 3.99. The smallest absolute Gasteiger partial charge is 0.477 e. The summed E-state index contributed by atoms with van der Waals surface area (Å²) in [5.41, 5.74) is -1.84. The zero-order valence-electron chi connectivity index (χ0n) is 7.89. The molecule has 17 heavy (non-hydrogen) atoms. The van der Waals surface area contributed by atoms with E-state index in [1.807, 2.05) is 0 Å². The maximum atomic E-state index is 12.9. The largest absolute Gasteiger partial charge is 0.574 e. The molecule has 0 fully saturated rings. The molecule has 94 valence electrons. The molecule has 0 saturated carbocycles. The van der Waals surface area contributed by atoms with Crippen molar-refractivity contribution < 1.29 is 36.6 Å². The van der Waals surface area contributed by atoms with Gasteiger partial charge in [-0.25, -0.2) is 9.18 Å². The highest BCUT2D eigenvalue weighted by molar-refractivity contribution is 5.90. The van der Waals surface area contributed by atoms with Gasteiger partial charge in [0.05, 0.1) is 0 Å². The average molecular weight is 257 g/mol. The molecule has 1 rings (SSSR count). The number of hydrogen-bond donors (Lipinski definition) is 1. The molecule has 0 saturated heterocycles. The van der Waals surface area contributed by atoms with Crippen molar-refractivity contribution in [1.82, 2.24) is 4.98 Å². The quantitative estimate of drug-likeness (QED) is 0.666. The van der Waals surface area contributed by atoms with Crippen LogP contribution in [0.3, 0.4) is 0 Å². The first kappa shape index (κ1) is 13.1. The minimum absolute atomic E-state index is 0.395. The summed E-state index contributed by atoms with van der Waals surface area (Å²) in [6, 6.07) is 0.395. The molecule has 1 aromatic heterocycles. The van der Waals surface area contributed by atoms with Crippen LogP contribution in [0.1, 0.15) is 15.9 Å². The number of alkyl halides is 4. The number of ether oxygens (including phenoxy) is 1. The third-order valence-electron chi connectivity index (χ3n) is 1.60. The van der Waals surface area contributed by atoms with Gasteiger partial charge in [0, 0.05) is 5.56 Å². The van der Waals surface area contributed by atoms with Gasteiger partial charge in [-0.2, -0.15) is 9.37 Å². The lowest BCUT2D eigenvalue weighted by atomic mass is 10.2. The number of carboxylic acid groups (broad SMARTS) is 1. The van der Waals surface area contributed by atoms with E-state index in [4.69, 9.17) is 5.11 Å². The molecule has 1 heterocycles. The molecule has 0 bridgehead atoms. The molecule has 9 heteroatoms. The number of hydrogen-bond acceptors (Lipinski definition) is 3. The summed E-state index contributed by atoms with van der Waals surface area (Å²) in [5, 5.41) is 8.54. The Balaban J connectivity index is 3.28. The van der Waals surface area contributed by atoms with Crippen molar-refractivity contribution in [2.45, 2.75) is 13.0 Å². The molecule has 0 aliphatic carbocycles. The van der Waals surface area contributed by atoms with E-state index in [9.17, 15) is 26.7 Å². The van der Waals surface area contributed by atoms with E-state index in [2.05, 4.69) is 9.72 Å². The molecule has 0 amide bonds. The fraction of sp³-hybridized carbons (Fsp3) is 0.250. The third kappa shape index (κ3) is 3.26. The van der Waals surface area contributed by atoms with Crippen LogP contribution in [0.5, 0.6) is 5.88 Å². The van der Waals surface area contributed by atoms with Crippen molar-refractivity contribution in [2.24, 2.45) is 0 Å². The predicted octanol–water partition coefficient (Wildman–Crippen LogP) is 2.29. The molecule has 0 spiro atoms. The van der Waals surface area contributed by atoms with Gasteiger partial charge >= 0.3 is 12.3 Å². The van der Waals surface area contributed by atoms with Crippen LogP contribution < -0.4 is 4.74 Å². The van der Waals surface area contributed by atoms with Gasteiger partial charge in [-0.1, -0.05) is 0 Å². The van der Waals surface area contributed by atoms with Crippen LogP contribution in [0.25, 0.3) is 0 Å². The van der Waals surface area contributed by atoms with Gasteiger partial charge in [0.1, 0.15) is 12.2 Å². The minimum Gasteiger partial charge on any atom is -0.477 e. The third-order valence-corrected chi connectivity index (χ3v) is 1.60. The van der Waals surface area contributed by atoms with Crippen LogP contribution in [-0.4, -0.2) is 22.4 Å². The van der Waals surface area contributed by atoms with Crippen molar-refractivity contribution in [3.63, 3.8) is 0 Å². The molecule has 4 nitrogen and oxygen atoms in total. The van der Waals surface area contributed by atoms with Crippen molar-refractivity contribution in [2.75, 3.05) is 0 Å². The van der Waals surface area contributed by atoms with Crippen molar-refractivity contribution in [1.29, 1.82) is 0 Å². The van der Waals surface area contributed by atoms with Crippen LogP contribution in [0, 0.1) is 5.95 Å². The summed E-state index contributed by atoms with van der Waals surface area (Å²) >= 11 is 0. The first-order valence-electron chi connectivity index (χ1n) is 3.99. The summed E-state index contributed by atoms with van der Waals surface area (Å²) in [6.45, 7) is -1.40. The highest BCUT2D eigenvalue weighted by Gasteiger charge is 2.34. The molecule has 1 aromatic rings. The van der Waals surface area contributed by atoms with Crippen LogP contribution in [0.15, 0.2) is 6.07 Å². The second-order valence-corrected chi connectivity index (χ2v) is 2.78. The van der Waals surface area contributed by atoms with Crippen molar-refractivity contribution in [3.05, 3.63) is 23.1 Å². The summed E-state index contributed by atoms with van der Waals surface area (Å²) in [4.78, 5) is 13.2. The van der Waals surface area contributed by atoms with Gasteiger partial charge in [0.15, 0.2) is 0 Å². The first-order chi connectivity index (χ1) is 7.74. The molecular weight excluding hydrogens is 253 g/mol. The van der Waals surface area contributed by atoms with Crippen LogP contribution in [0.2, 0.25) is 0 Å². The van der Waals surface area contributed by atoms with Crippen LogP contribution >= 0.6 is 0 Å². The van der Waals surface area contributed by atoms with E-state index in [0.717, 1.165) is 0 Å². The molecular formula is C8H4F5NO3. The number of aromatic nitrogens is 1. The van der Waals surface area contributed by atoms with E-state index in [0.29, 0.717) is 6.07 Å². The molecule has 1 N–H and O–H groups in total. The van der Waals surface area contributed by atoms with Gasteiger partial charge in [0.25, 0.3) is 0 Å². The lowest BCUT2D eigenvalue weighted by Gasteiger charge is -2.11. The topological polar surface area (TPSA) is 59.4 Å². The highest BCUT2D eigenvalue weighted by Crippen LogP contribution is 2.26. The lowest BCUT2D eigenvalue weighted by Crippen LogP contribution is -2.20. The molecule has 0 aliphatic heterocycles. The SMILES string of the molecule is O=C(O)c1cc(CF)c(F)nc1OC(F)(F)F. The Bertz CT molecular complexity index is 446. The maximum absolute atomic E-state index is 12.9. The van der Waals surface area contributed by atoms with Crippen molar-refractivity contribution in [3.8, 4) is 5.88 Å². The van der Waals surface area contributed by atoms with Crippen LogP contribution in [-0.2, 0) is 6.67 Å². The van der Waals surface area contributed by atoms with E-state index in [1.165, 1.54) is 0 Å². The number of nitrogens with zero attached hydrogens (tertiary/aromatic N) is 1. The molecule has 0 aliphatic rings. The summed E-state index contributed by atoms with van der Waals surface area (Å²) < 4.78 is 63.8. The van der Waals surface area contributed by atoms with Gasteiger partial charge in [-0.15, -0.1) is 13.2 Å². The Hall–Kier alpha value is -1.93. The standard InChI is InChI=1S/C8H4F5NO3/c9-2-3-1-4(7(15)16)6(14-5(3)10)17-8(11,12)13/h1H,2H2,(H,15,16). The highest BCUT2D eigenvalue weighted by atomic mass is 19.4. The number of rotatable bonds is 3. The Morgan fingerprint density at radius 2 is 2.06 bits per heavy atom. The molecule has 0 atom stereocenters. The normalized spacial score (nSPS) is 11.4. The zero-order chi connectivity index (χ0) is 13.2. The zero-order valence-corrected chi connectivity index (χ0v) is 7.89. The van der Waals surface area contributed by atoms with E-state index >= 15 is 0 Å². The van der Waals surface area contributed by atoms with Gasteiger partial charge in [-0.05, 0) is 6.07 Å². The van der Waals surface area contributed by atoms with Crippen molar-refractivity contribution >= 4 is 5.97 Å². The second kappa shape index (κ2) is 4.52. The number of aromatic carboxylic acids is 1. The average Bonchev–Trinajstić information content (AvgIpc) is 2.14. The molecule has 0 radical (unpaired) electrons. The number of carboxylic acids is 1. The Morgan fingerprint density at radius 3 is 2.47 bits per heavy atom. The summed E-state index contributed by atoms with van der Waals surface area (Å²) in [6.07, 6.45) is -5.22. The van der Waals surface area contributed by atoms with Gasteiger partial charge in [-0.3, -0.25) is 0 Å². The number of pyridine rings is 1. The van der Waals surface area contributed by atoms with E-state index in [-0.39, 0.29) is 0 Å². The number of carbonyl (C=O) groups is 1. The summed E-state index contributed by atoms with van der Waals surface area (Å²) in [7, 11) is 0. The van der Waals surface area contributed by atoms with E-state index in [1.54, 1.807) is 0 Å². The minimum atomic E-state index is -5.22. The Morgan fingerprint density at radius 1 is 1.47 bits per heavy atom. The predicted molar refractivity (Wildman–Crippen MR) is 42.6 cm³/mol. The molecule has 0 aromatic carbocycles. The van der Waals surface area contributed by atoms with Gasteiger partial charge < -0.3 is 9.84 Å². The second-order valence-electron chi connectivity index (χ2n) is 2.78.